The highest BCUT2D eigenvalue weighted by atomic mass is 19.4. The van der Waals surface area contributed by atoms with Crippen molar-refractivity contribution in [2.45, 2.75) is 63.1 Å². The third-order valence-electron chi connectivity index (χ3n) is 5.75. The minimum atomic E-state index is -4.33. The fourth-order valence-corrected chi connectivity index (χ4v) is 4.62. The number of ether oxygens (including phenoxy) is 1. The first-order valence-electron chi connectivity index (χ1n) is 8.13. The standard InChI is InChI=1S/C18H23F3O/c1-22-17(12-11-16(13-17)9-5-2-6-10-16)14-7-3-4-8-15(14)18(19,20)21/h3-4,7-8H,2,5-6,9-13H2,1H3. The van der Waals surface area contributed by atoms with Gasteiger partial charge < -0.3 is 4.74 Å². The molecule has 3 rings (SSSR count). The molecule has 0 aromatic heterocycles. The van der Waals surface area contributed by atoms with Crippen LogP contribution in [-0.4, -0.2) is 7.11 Å². The Bertz CT molecular complexity index is 531. The first-order chi connectivity index (χ1) is 10.4. The van der Waals surface area contributed by atoms with E-state index in [-0.39, 0.29) is 5.41 Å². The molecular weight excluding hydrogens is 289 g/mol. The molecule has 2 saturated carbocycles. The van der Waals surface area contributed by atoms with E-state index >= 15 is 0 Å². The molecule has 122 valence electrons. The van der Waals surface area contributed by atoms with Crippen molar-refractivity contribution in [2.75, 3.05) is 7.11 Å². The van der Waals surface area contributed by atoms with Crippen molar-refractivity contribution in [1.82, 2.24) is 0 Å². The van der Waals surface area contributed by atoms with Crippen LogP contribution < -0.4 is 0 Å². The molecule has 0 saturated heterocycles. The summed E-state index contributed by atoms with van der Waals surface area (Å²) in [4.78, 5) is 0. The summed E-state index contributed by atoms with van der Waals surface area (Å²) in [6.45, 7) is 0. The van der Waals surface area contributed by atoms with Crippen LogP contribution in [0.25, 0.3) is 0 Å². The Morgan fingerprint density at radius 2 is 1.64 bits per heavy atom. The molecule has 22 heavy (non-hydrogen) atoms. The molecule has 4 heteroatoms. The van der Waals surface area contributed by atoms with Gasteiger partial charge in [-0.1, -0.05) is 37.5 Å². The van der Waals surface area contributed by atoms with Gasteiger partial charge in [-0.15, -0.1) is 0 Å². The molecule has 2 aliphatic rings. The zero-order valence-electron chi connectivity index (χ0n) is 13.0. The molecule has 0 bridgehead atoms. The van der Waals surface area contributed by atoms with Crippen molar-refractivity contribution < 1.29 is 17.9 Å². The minimum Gasteiger partial charge on any atom is -0.373 e. The summed E-state index contributed by atoms with van der Waals surface area (Å²) in [5.74, 6) is 0. The van der Waals surface area contributed by atoms with E-state index in [0.717, 1.165) is 25.7 Å². The van der Waals surface area contributed by atoms with Crippen LogP contribution in [0.15, 0.2) is 24.3 Å². The zero-order chi connectivity index (χ0) is 15.8. The Hall–Kier alpha value is -1.03. The average Bonchev–Trinajstić information content (AvgIpc) is 2.87. The number of halogens is 3. The molecule has 0 N–H and O–H groups in total. The maximum atomic E-state index is 13.4. The largest absolute Gasteiger partial charge is 0.416 e. The van der Waals surface area contributed by atoms with Crippen molar-refractivity contribution in [3.05, 3.63) is 35.4 Å². The van der Waals surface area contributed by atoms with E-state index in [0.29, 0.717) is 12.0 Å². The number of rotatable bonds is 2. The molecule has 0 heterocycles. The number of alkyl halides is 3. The summed E-state index contributed by atoms with van der Waals surface area (Å²) in [5, 5.41) is 0. The summed E-state index contributed by atoms with van der Waals surface area (Å²) >= 11 is 0. The molecule has 2 fully saturated rings. The third-order valence-corrected chi connectivity index (χ3v) is 5.75. The highest BCUT2D eigenvalue weighted by Crippen LogP contribution is 2.58. The van der Waals surface area contributed by atoms with Gasteiger partial charge in [0.05, 0.1) is 11.2 Å². The van der Waals surface area contributed by atoms with Gasteiger partial charge in [-0.05, 0) is 49.1 Å². The van der Waals surface area contributed by atoms with Gasteiger partial charge in [0.25, 0.3) is 0 Å². The zero-order valence-corrected chi connectivity index (χ0v) is 13.0. The molecule has 1 unspecified atom stereocenters. The maximum absolute atomic E-state index is 13.4. The number of hydrogen-bond donors (Lipinski definition) is 0. The van der Waals surface area contributed by atoms with Gasteiger partial charge in [0.2, 0.25) is 0 Å². The summed E-state index contributed by atoms with van der Waals surface area (Å²) in [5.41, 5.74) is -0.798. The fourth-order valence-electron chi connectivity index (χ4n) is 4.62. The quantitative estimate of drug-likeness (QED) is 0.682. The van der Waals surface area contributed by atoms with Crippen LogP contribution in [-0.2, 0) is 16.5 Å². The summed E-state index contributed by atoms with van der Waals surface area (Å²) in [6, 6.07) is 5.94. The number of benzene rings is 1. The second kappa shape index (κ2) is 5.55. The molecule has 1 aromatic rings. The second-order valence-electron chi connectivity index (χ2n) is 6.98. The number of methoxy groups -OCH3 is 1. The fraction of sp³-hybridized carbons (Fsp3) is 0.667. The Labute approximate surface area is 129 Å². The molecule has 1 aromatic carbocycles. The van der Waals surface area contributed by atoms with Crippen molar-refractivity contribution in [3.8, 4) is 0 Å². The Morgan fingerprint density at radius 1 is 0.955 bits per heavy atom. The predicted molar refractivity (Wildman–Crippen MR) is 79.5 cm³/mol. The molecule has 0 radical (unpaired) electrons. The van der Waals surface area contributed by atoms with E-state index in [2.05, 4.69) is 0 Å². The van der Waals surface area contributed by atoms with E-state index < -0.39 is 17.3 Å². The molecule has 1 atom stereocenters. The highest BCUT2D eigenvalue weighted by molar-refractivity contribution is 5.36. The number of hydrogen-bond acceptors (Lipinski definition) is 1. The van der Waals surface area contributed by atoms with E-state index in [9.17, 15) is 13.2 Å². The van der Waals surface area contributed by atoms with Crippen LogP contribution in [0.4, 0.5) is 13.2 Å². The highest BCUT2D eigenvalue weighted by Gasteiger charge is 2.52. The monoisotopic (exact) mass is 312 g/mol. The lowest BCUT2D eigenvalue weighted by molar-refractivity contribution is -0.141. The summed E-state index contributed by atoms with van der Waals surface area (Å²) < 4.78 is 45.9. The van der Waals surface area contributed by atoms with Crippen molar-refractivity contribution in [3.63, 3.8) is 0 Å². The third kappa shape index (κ3) is 2.66. The summed E-state index contributed by atoms with van der Waals surface area (Å²) in [7, 11) is 1.56. The minimum absolute atomic E-state index is 0.187. The van der Waals surface area contributed by atoms with Gasteiger partial charge >= 0.3 is 6.18 Å². The van der Waals surface area contributed by atoms with Gasteiger partial charge in [0.1, 0.15) is 0 Å². The first-order valence-corrected chi connectivity index (χ1v) is 8.13. The van der Waals surface area contributed by atoms with Crippen molar-refractivity contribution >= 4 is 0 Å². The van der Waals surface area contributed by atoms with Crippen LogP contribution in [0.1, 0.15) is 62.5 Å². The van der Waals surface area contributed by atoms with Crippen molar-refractivity contribution in [1.29, 1.82) is 0 Å². The van der Waals surface area contributed by atoms with Gasteiger partial charge in [-0.2, -0.15) is 13.2 Å². The van der Waals surface area contributed by atoms with Gasteiger partial charge in [0.15, 0.2) is 0 Å². The average molecular weight is 312 g/mol. The van der Waals surface area contributed by atoms with E-state index in [4.69, 9.17) is 4.74 Å². The molecule has 0 aliphatic heterocycles. The lowest BCUT2D eigenvalue weighted by atomic mass is 9.71. The Kier molecular flexibility index (Phi) is 4.00. The normalized spacial score (nSPS) is 28.2. The van der Waals surface area contributed by atoms with Crippen LogP contribution in [0.3, 0.4) is 0 Å². The SMILES string of the molecule is COC1(c2ccccc2C(F)(F)F)CCC2(CCCCC2)C1. The molecular formula is C18H23F3O. The Morgan fingerprint density at radius 3 is 2.27 bits per heavy atom. The van der Waals surface area contributed by atoms with Crippen molar-refractivity contribution in [2.24, 2.45) is 5.41 Å². The van der Waals surface area contributed by atoms with Gasteiger partial charge in [0, 0.05) is 7.11 Å². The molecule has 1 spiro atoms. The van der Waals surface area contributed by atoms with Gasteiger partial charge in [-0.3, -0.25) is 0 Å². The second-order valence-corrected chi connectivity index (χ2v) is 6.98. The van der Waals surface area contributed by atoms with Crippen LogP contribution in [0.5, 0.6) is 0 Å². The molecule has 2 aliphatic carbocycles. The predicted octanol–water partition coefficient (Wildman–Crippen LogP) is 5.68. The van der Waals surface area contributed by atoms with E-state index in [1.807, 2.05) is 0 Å². The summed E-state index contributed by atoms with van der Waals surface area (Å²) in [6.07, 6.45) is 3.97. The first kappa shape index (κ1) is 15.9. The van der Waals surface area contributed by atoms with E-state index in [1.165, 1.54) is 31.4 Å². The van der Waals surface area contributed by atoms with E-state index in [1.54, 1.807) is 19.2 Å². The van der Waals surface area contributed by atoms with Crippen LogP contribution >= 0.6 is 0 Å². The van der Waals surface area contributed by atoms with Crippen LogP contribution in [0.2, 0.25) is 0 Å². The Balaban J connectivity index is 1.99. The topological polar surface area (TPSA) is 9.23 Å². The maximum Gasteiger partial charge on any atom is 0.416 e. The van der Waals surface area contributed by atoms with Gasteiger partial charge in [-0.25, -0.2) is 0 Å². The van der Waals surface area contributed by atoms with Crippen LogP contribution in [0, 0.1) is 5.41 Å². The lowest BCUT2D eigenvalue weighted by Crippen LogP contribution is -2.31. The molecule has 0 amide bonds. The lowest BCUT2D eigenvalue weighted by Gasteiger charge is -2.37. The molecule has 1 nitrogen and oxygen atoms in total. The smallest absolute Gasteiger partial charge is 0.373 e.